The molecule has 6 nitrogen and oxygen atoms in total. The second-order valence-electron chi connectivity index (χ2n) is 9.39. The molecule has 2 aromatic rings. The fraction of sp³-hybridized carbons (Fsp3) is 0.560. The molecule has 1 atom stereocenters. The van der Waals surface area contributed by atoms with Crippen LogP contribution in [0.2, 0.25) is 0 Å². The number of hydrogen-bond acceptors (Lipinski definition) is 4. The van der Waals surface area contributed by atoms with Crippen molar-refractivity contribution in [3.63, 3.8) is 0 Å². The van der Waals surface area contributed by atoms with Crippen molar-refractivity contribution in [2.24, 2.45) is 5.92 Å². The number of rotatable bonds is 3. The summed E-state index contributed by atoms with van der Waals surface area (Å²) in [6.07, 6.45) is 8.31. The van der Waals surface area contributed by atoms with Gasteiger partial charge in [-0.2, -0.15) is 0 Å². The first-order valence-corrected chi connectivity index (χ1v) is 11.7. The Balaban J connectivity index is 1.19. The van der Waals surface area contributed by atoms with Gasteiger partial charge in [-0.1, -0.05) is 6.07 Å². The number of likely N-dealkylation sites (tertiary alicyclic amines) is 2. The second-order valence-corrected chi connectivity index (χ2v) is 9.39. The number of ether oxygens (including phenoxy) is 1. The topological polar surface area (TPSA) is 62.7 Å². The Morgan fingerprint density at radius 2 is 1.87 bits per heavy atom. The van der Waals surface area contributed by atoms with E-state index in [4.69, 9.17) is 4.74 Å². The third-order valence-corrected chi connectivity index (χ3v) is 7.33. The SMILES string of the molecule is O=C(CC1CCOC2(CCN(C(=O)c3ccc4ncccc4c3)CC2)C1)N1CCCC1. The molecule has 2 amide bonds. The number of pyridine rings is 1. The lowest BCUT2D eigenvalue weighted by molar-refractivity contribution is -0.140. The summed E-state index contributed by atoms with van der Waals surface area (Å²) < 4.78 is 6.26. The number of fused-ring (bicyclic) bond motifs is 1. The maximum absolute atomic E-state index is 13.1. The zero-order valence-corrected chi connectivity index (χ0v) is 18.1. The number of carbonyl (C=O) groups is 2. The van der Waals surface area contributed by atoms with E-state index in [9.17, 15) is 9.59 Å². The van der Waals surface area contributed by atoms with Crippen LogP contribution in [0.15, 0.2) is 36.5 Å². The van der Waals surface area contributed by atoms with Gasteiger partial charge in [-0.25, -0.2) is 0 Å². The molecule has 3 aliphatic heterocycles. The van der Waals surface area contributed by atoms with Crippen LogP contribution >= 0.6 is 0 Å². The largest absolute Gasteiger partial charge is 0.375 e. The Hall–Kier alpha value is -2.47. The molecule has 3 aliphatic rings. The minimum Gasteiger partial charge on any atom is -0.375 e. The van der Waals surface area contributed by atoms with Crippen molar-refractivity contribution in [3.05, 3.63) is 42.1 Å². The zero-order chi connectivity index (χ0) is 21.3. The van der Waals surface area contributed by atoms with Gasteiger partial charge >= 0.3 is 0 Å². The number of carbonyl (C=O) groups excluding carboxylic acids is 2. The second kappa shape index (κ2) is 8.58. The molecule has 1 unspecified atom stereocenters. The van der Waals surface area contributed by atoms with Crippen LogP contribution in [0.3, 0.4) is 0 Å². The van der Waals surface area contributed by atoms with Crippen LogP contribution in [0.4, 0.5) is 0 Å². The molecular weight excluding hydrogens is 390 g/mol. The molecule has 0 N–H and O–H groups in total. The van der Waals surface area contributed by atoms with Gasteiger partial charge in [0.2, 0.25) is 5.91 Å². The Bertz CT molecular complexity index is 961. The third kappa shape index (κ3) is 4.31. The molecule has 0 saturated carbocycles. The summed E-state index contributed by atoms with van der Waals surface area (Å²) in [6.45, 7) is 3.99. The molecule has 164 valence electrons. The summed E-state index contributed by atoms with van der Waals surface area (Å²) in [7, 11) is 0. The summed E-state index contributed by atoms with van der Waals surface area (Å²) >= 11 is 0. The fourth-order valence-corrected chi connectivity index (χ4v) is 5.50. The highest BCUT2D eigenvalue weighted by Gasteiger charge is 2.42. The highest BCUT2D eigenvalue weighted by molar-refractivity contribution is 5.98. The van der Waals surface area contributed by atoms with E-state index in [1.165, 1.54) is 0 Å². The summed E-state index contributed by atoms with van der Waals surface area (Å²) in [4.78, 5) is 34.0. The summed E-state index contributed by atoms with van der Waals surface area (Å²) in [5.41, 5.74) is 1.45. The predicted octanol–water partition coefficient (Wildman–Crippen LogP) is 3.65. The fourth-order valence-electron chi connectivity index (χ4n) is 5.50. The molecule has 0 aliphatic carbocycles. The highest BCUT2D eigenvalue weighted by Crippen LogP contribution is 2.39. The Labute approximate surface area is 183 Å². The van der Waals surface area contributed by atoms with Crippen molar-refractivity contribution in [1.29, 1.82) is 0 Å². The molecule has 6 heteroatoms. The Morgan fingerprint density at radius 3 is 2.68 bits per heavy atom. The van der Waals surface area contributed by atoms with E-state index < -0.39 is 0 Å². The molecule has 1 aromatic carbocycles. The van der Waals surface area contributed by atoms with Crippen LogP contribution in [0.25, 0.3) is 10.9 Å². The van der Waals surface area contributed by atoms with Crippen LogP contribution in [-0.2, 0) is 9.53 Å². The van der Waals surface area contributed by atoms with Gasteiger partial charge in [0.25, 0.3) is 5.91 Å². The van der Waals surface area contributed by atoms with Crippen LogP contribution in [0.1, 0.15) is 55.3 Å². The Morgan fingerprint density at radius 1 is 1.06 bits per heavy atom. The lowest BCUT2D eigenvalue weighted by Crippen LogP contribution is -2.51. The first kappa shape index (κ1) is 20.4. The van der Waals surface area contributed by atoms with Gasteiger partial charge in [0.15, 0.2) is 0 Å². The van der Waals surface area contributed by atoms with Crippen molar-refractivity contribution in [3.8, 4) is 0 Å². The molecule has 3 saturated heterocycles. The monoisotopic (exact) mass is 421 g/mol. The summed E-state index contributed by atoms with van der Waals surface area (Å²) in [5, 5.41) is 0.989. The van der Waals surface area contributed by atoms with Crippen LogP contribution in [-0.4, -0.2) is 65.0 Å². The molecule has 31 heavy (non-hydrogen) atoms. The van der Waals surface area contributed by atoms with E-state index in [1.54, 1.807) is 6.20 Å². The molecule has 0 radical (unpaired) electrons. The molecular formula is C25H31N3O3. The van der Waals surface area contributed by atoms with E-state index in [-0.39, 0.29) is 11.5 Å². The van der Waals surface area contributed by atoms with Crippen LogP contribution in [0, 0.1) is 5.92 Å². The molecule has 5 rings (SSSR count). The predicted molar refractivity (Wildman–Crippen MR) is 119 cm³/mol. The number of amides is 2. The maximum Gasteiger partial charge on any atom is 0.253 e. The van der Waals surface area contributed by atoms with E-state index in [2.05, 4.69) is 4.98 Å². The molecule has 4 heterocycles. The van der Waals surface area contributed by atoms with E-state index in [1.807, 2.05) is 40.1 Å². The van der Waals surface area contributed by atoms with Gasteiger partial charge in [-0.15, -0.1) is 0 Å². The van der Waals surface area contributed by atoms with Gasteiger partial charge in [-0.3, -0.25) is 14.6 Å². The summed E-state index contributed by atoms with van der Waals surface area (Å²) in [6, 6.07) is 9.61. The molecule has 1 aromatic heterocycles. The summed E-state index contributed by atoms with van der Waals surface area (Å²) in [5.74, 6) is 0.798. The standard InChI is InChI=1S/C25H31N3O3/c29-23(27-11-1-2-12-27)16-19-7-15-31-25(18-19)8-13-28(14-9-25)24(30)21-5-6-22-20(17-21)4-3-10-26-22/h3-6,10,17,19H,1-2,7-9,11-16,18H2. The van der Waals surface area contributed by atoms with Crippen LogP contribution < -0.4 is 0 Å². The van der Waals surface area contributed by atoms with Crippen molar-refractivity contribution in [2.75, 3.05) is 32.8 Å². The average Bonchev–Trinajstić information content (AvgIpc) is 3.34. The van der Waals surface area contributed by atoms with Crippen molar-refractivity contribution in [1.82, 2.24) is 14.8 Å². The third-order valence-electron chi connectivity index (χ3n) is 7.33. The van der Waals surface area contributed by atoms with Crippen molar-refractivity contribution >= 4 is 22.7 Å². The lowest BCUT2D eigenvalue weighted by atomic mass is 9.78. The van der Waals surface area contributed by atoms with Crippen LogP contribution in [0.5, 0.6) is 0 Å². The van der Waals surface area contributed by atoms with E-state index in [0.29, 0.717) is 31.3 Å². The average molecular weight is 422 g/mol. The molecule has 0 bridgehead atoms. The molecule has 1 spiro atoms. The zero-order valence-electron chi connectivity index (χ0n) is 18.1. The number of hydrogen-bond donors (Lipinski definition) is 0. The number of piperidine rings is 1. The highest BCUT2D eigenvalue weighted by atomic mass is 16.5. The Kier molecular flexibility index (Phi) is 5.65. The van der Waals surface area contributed by atoms with Gasteiger partial charge in [0.05, 0.1) is 11.1 Å². The quantitative estimate of drug-likeness (QED) is 0.759. The van der Waals surface area contributed by atoms with E-state index >= 15 is 0 Å². The van der Waals surface area contributed by atoms with Crippen molar-refractivity contribution in [2.45, 2.75) is 50.5 Å². The number of benzene rings is 1. The first-order chi connectivity index (χ1) is 15.1. The van der Waals surface area contributed by atoms with Gasteiger partial charge in [-0.05, 0) is 68.7 Å². The van der Waals surface area contributed by atoms with Crippen molar-refractivity contribution < 1.29 is 14.3 Å². The minimum atomic E-state index is -0.168. The first-order valence-electron chi connectivity index (χ1n) is 11.7. The molecule has 3 fully saturated rings. The number of aromatic nitrogens is 1. The lowest BCUT2D eigenvalue weighted by Gasteiger charge is -2.46. The number of nitrogens with zero attached hydrogens (tertiary/aromatic N) is 3. The smallest absolute Gasteiger partial charge is 0.253 e. The van der Waals surface area contributed by atoms with Gasteiger partial charge < -0.3 is 14.5 Å². The van der Waals surface area contributed by atoms with E-state index in [0.717, 1.165) is 74.7 Å². The van der Waals surface area contributed by atoms with Gasteiger partial charge in [0.1, 0.15) is 0 Å². The van der Waals surface area contributed by atoms with Gasteiger partial charge in [0, 0.05) is 56.4 Å². The minimum absolute atomic E-state index is 0.0807. The maximum atomic E-state index is 13.1. The normalized spacial score (nSPS) is 23.4.